The van der Waals surface area contributed by atoms with E-state index in [1.54, 1.807) is 0 Å². The normalized spacial score (nSPS) is 42.2. The monoisotopic (exact) mass is 276 g/mol. The Balaban J connectivity index is 1.41. The zero-order chi connectivity index (χ0) is 13.9. The van der Waals surface area contributed by atoms with Crippen LogP contribution >= 0.6 is 0 Å². The highest BCUT2D eigenvalue weighted by Crippen LogP contribution is 2.45. The van der Waals surface area contributed by atoms with Gasteiger partial charge in [0, 0.05) is 12.3 Å². The third-order valence-electron chi connectivity index (χ3n) is 6.76. The van der Waals surface area contributed by atoms with Crippen LogP contribution in [0.15, 0.2) is 0 Å². The zero-order valence-electron chi connectivity index (χ0n) is 13.3. The average molecular weight is 276 g/mol. The maximum Gasteiger partial charge on any atom is 0.136 e. The van der Waals surface area contributed by atoms with Crippen molar-refractivity contribution in [2.75, 3.05) is 0 Å². The summed E-state index contributed by atoms with van der Waals surface area (Å²) in [5.74, 6) is 4.90. The molecule has 20 heavy (non-hydrogen) atoms. The smallest absolute Gasteiger partial charge is 0.136 e. The summed E-state index contributed by atoms with van der Waals surface area (Å²) >= 11 is 0. The molecule has 1 unspecified atom stereocenters. The van der Waals surface area contributed by atoms with E-state index >= 15 is 0 Å². The molecule has 1 atom stereocenters. The molecule has 1 nitrogen and oxygen atoms in total. The summed E-state index contributed by atoms with van der Waals surface area (Å²) < 4.78 is 0. The van der Waals surface area contributed by atoms with Crippen LogP contribution in [0.5, 0.6) is 0 Å². The van der Waals surface area contributed by atoms with E-state index in [0.717, 1.165) is 30.1 Å². The van der Waals surface area contributed by atoms with Gasteiger partial charge in [0.25, 0.3) is 0 Å². The number of Topliss-reactive ketones (excluding diaryl/α,β-unsaturated/α-hetero) is 1. The Morgan fingerprint density at radius 2 is 1.35 bits per heavy atom. The Hall–Kier alpha value is -0.330. The van der Waals surface area contributed by atoms with Crippen LogP contribution in [0.2, 0.25) is 0 Å². The van der Waals surface area contributed by atoms with Crippen molar-refractivity contribution in [2.24, 2.45) is 29.6 Å². The Morgan fingerprint density at radius 3 is 1.80 bits per heavy atom. The molecule has 0 aromatic carbocycles. The highest BCUT2D eigenvalue weighted by Gasteiger charge is 2.38. The van der Waals surface area contributed by atoms with Gasteiger partial charge in [-0.25, -0.2) is 0 Å². The molecule has 0 spiro atoms. The van der Waals surface area contributed by atoms with Crippen molar-refractivity contribution in [3.8, 4) is 0 Å². The minimum Gasteiger partial charge on any atom is -0.299 e. The topological polar surface area (TPSA) is 17.1 Å². The second-order valence-corrected chi connectivity index (χ2v) is 7.86. The summed E-state index contributed by atoms with van der Waals surface area (Å²) in [4.78, 5) is 11.6. The molecule has 0 N–H and O–H groups in total. The number of hydrogen-bond acceptors (Lipinski definition) is 1. The first-order chi connectivity index (χ1) is 9.78. The molecule has 0 saturated heterocycles. The van der Waals surface area contributed by atoms with Crippen LogP contribution < -0.4 is 0 Å². The van der Waals surface area contributed by atoms with E-state index in [4.69, 9.17) is 0 Å². The number of rotatable bonds is 4. The van der Waals surface area contributed by atoms with Crippen LogP contribution in [0, 0.1) is 29.6 Å². The number of ketones is 1. The van der Waals surface area contributed by atoms with Crippen molar-refractivity contribution >= 4 is 5.78 Å². The highest BCUT2D eigenvalue weighted by atomic mass is 16.1. The minimum atomic E-state index is 0.483. The van der Waals surface area contributed by atoms with Gasteiger partial charge in [0.05, 0.1) is 0 Å². The molecule has 0 aliphatic heterocycles. The zero-order valence-corrected chi connectivity index (χ0v) is 13.3. The fraction of sp³-hybridized carbons (Fsp3) is 0.947. The van der Waals surface area contributed by atoms with Gasteiger partial charge in [-0.2, -0.15) is 0 Å². The molecule has 0 amide bonds. The predicted molar refractivity (Wildman–Crippen MR) is 83.5 cm³/mol. The van der Waals surface area contributed by atoms with Crippen LogP contribution in [-0.2, 0) is 4.79 Å². The fourth-order valence-electron chi connectivity index (χ4n) is 5.30. The van der Waals surface area contributed by atoms with Crippen molar-refractivity contribution < 1.29 is 4.79 Å². The summed E-state index contributed by atoms with van der Waals surface area (Å²) in [6, 6.07) is 0. The van der Waals surface area contributed by atoms with Gasteiger partial charge < -0.3 is 0 Å². The number of carbonyl (C=O) groups is 1. The maximum absolute atomic E-state index is 11.6. The summed E-state index contributed by atoms with van der Waals surface area (Å²) in [5.41, 5.74) is 0. The first-order valence-electron chi connectivity index (χ1n) is 9.30. The molecule has 0 aromatic rings. The van der Waals surface area contributed by atoms with Gasteiger partial charge in [-0.05, 0) is 68.6 Å². The molecule has 0 aromatic heterocycles. The van der Waals surface area contributed by atoms with Gasteiger partial charge in [0.15, 0.2) is 0 Å². The second kappa shape index (κ2) is 6.62. The molecule has 3 aliphatic carbocycles. The summed E-state index contributed by atoms with van der Waals surface area (Å²) in [7, 11) is 0. The van der Waals surface area contributed by atoms with Gasteiger partial charge in [-0.15, -0.1) is 0 Å². The van der Waals surface area contributed by atoms with Crippen molar-refractivity contribution in [1.29, 1.82) is 0 Å². The lowest BCUT2D eigenvalue weighted by Gasteiger charge is -2.41. The highest BCUT2D eigenvalue weighted by molar-refractivity contribution is 5.86. The third-order valence-corrected chi connectivity index (χ3v) is 6.76. The van der Waals surface area contributed by atoms with Crippen LogP contribution in [0.4, 0.5) is 0 Å². The molecule has 3 saturated carbocycles. The molecule has 0 heterocycles. The molecule has 114 valence electrons. The lowest BCUT2D eigenvalue weighted by atomic mass is 9.64. The van der Waals surface area contributed by atoms with Crippen molar-refractivity contribution in [1.82, 2.24) is 0 Å². The summed E-state index contributed by atoms with van der Waals surface area (Å²) in [6.07, 6.45) is 16.5. The van der Waals surface area contributed by atoms with Crippen molar-refractivity contribution in [3.05, 3.63) is 0 Å². The summed E-state index contributed by atoms with van der Waals surface area (Å²) in [6.45, 7) is 2.33. The van der Waals surface area contributed by atoms with Crippen LogP contribution in [0.1, 0.15) is 84.0 Å². The molecule has 0 bridgehead atoms. The molecular weight excluding hydrogens is 244 g/mol. The van der Waals surface area contributed by atoms with E-state index in [2.05, 4.69) is 6.92 Å². The largest absolute Gasteiger partial charge is 0.299 e. The SMILES string of the molecule is CCCC1CCC(C2CCC(C3CCC3=O)CC2)CC1. The van der Waals surface area contributed by atoms with Gasteiger partial charge in [0.1, 0.15) is 5.78 Å². The van der Waals surface area contributed by atoms with E-state index in [0.29, 0.717) is 11.7 Å². The first kappa shape index (κ1) is 14.6. The van der Waals surface area contributed by atoms with Gasteiger partial charge >= 0.3 is 0 Å². The lowest BCUT2D eigenvalue weighted by Crippen LogP contribution is -2.36. The number of hydrogen-bond donors (Lipinski definition) is 0. The maximum atomic E-state index is 11.6. The fourth-order valence-corrected chi connectivity index (χ4v) is 5.30. The molecule has 1 heteroatoms. The van der Waals surface area contributed by atoms with Gasteiger partial charge in [0.2, 0.25) is 0 Å². The van der Waals surface area contributed by atoms with E-state index in [-0.39, 0.29) is 0 Å². The Labute approximate surface area is 124 Å². The van der Waals surface area contributed by atoms with Crippen LogP contribution in [-0.4, -0.2) is 5.78 Å². The van der Waals surface area contributed by atoms with E-state index in [1.165, 1.54) is 70.6 Å². The quantitative estimate of drug-likeness (QED) is 0.674. The molecular formula is C19H32O. The van der Waals surface area contributed by atoms with Crippen LogP contribution in [0.3, 0.4) is 0 Å². The number of carbonyl (C=O) groups excluding carboxylic acids is 1. The summed E-state index contributed by atoms with van der Waals surface area (Å²) in [5, 5.41) is 0. The molecule has 3 rings (SSSR count). The van der Waals surface area contributed by atoms with E-state index in [9.17, 15) is 4.79 Å². The molecule has 3 aliphatic rings. The Kier molecular flexibility index (Phi) is 4.83. The van der Waals surface area contributed by atoms with Crippen LogP contribution in [0.25, 0.3) is 0 Å². The van der Waals surface area contributed by atoms with Crippen molar-refractivity contribution in [3.63, 3.8) is 0 Å². The lowest BCUT2D eigenvalue weighted by molar-refractivity contribution is -0.132. The van der Waals surface area contributed by atoms with Gasteiger partial charge in [-0.3, -0.25) is 4.79 Å². The van der Waals surface area contributed by atoms with E-state index < -0.39 is 0 Å². The standard InChI is InChI=1S/C19H32O/c1-2-3-14-4-6-15(7-5-14)16-8-10-17(11-9-16)18-12-13-19(18)20/h14-18H,2-13H2,1H3. The molecule has 3 fully saturated rings. The molecule has 0 radical (unpaired) electrons. The third kappa shape index (κ3) is 3.12. The average Bonchev–Trinajstić information content (AvgIpc) is 2.48. The van der Waals surface area contributed by atoms with E-state index in [1.807, 2.05) is 0 Å². The second-order valence-electron chi connectivity index (χ2n) is 7.86. The Morgan fingerprint density at radius 1 is 0.800 bits per heavy atom. The predicted octanol–water partition coefficient (Wildman–Crippen LogP) is 5.38. The minimum absolute atomic E-state index is 0.483. The van der Waals surface area contributed by atoms with Crippen molar-refractivity contribution in [2.45, 2.75) is 84.0 Å². The van der Waals surface area contributed by atoms with Gasteiger partial charge in [-0.1, -0.05) is 32.6 Å². The Bertz CT molecular complexity index is 319. The first-order valence-corrected chi connectivity index (χ1v) is 9.30.